The van der Waals surface area contributed by atoms with Gasteiger partial charge in [0, 0.05) is 9.52 Å². The second-order valence-corrected chi connectivity index (χ2v) is 10.1. The van der Waals surface area contributed by atoms with E-state index in [-0.39, 0.29) is 19.0 Å². The van der Waals surface area contributed by atoms with Crippen molar-refractivity contribution in [2.45, 2.75) is 45.3 Å². The van der Waals surface area contributed by atoms with Crippen LogP contribution >= 0.6 is 0 Å². The van der Waals surface area contributed by atoms with E-state index in [0.29, 0.717) is 0 Å². The maximum Gasteiger partial charge on any atom is 0.0516 e. The number of hydrogen-bond donors (Lipinski definition) is 0. The average Bonchev–Trinajstić information content (AvgIpc) is 2.18. The van der Waals surface area contributed by atoms with E-state index in [4.69, 9.17) is 0 Å². The van der Waals surface area contributed by atoms with Gasteiger partial charge in [0.1, 0.15) is 0 Å². The third-order valence-corrected chi connectivity index (χ3v) is 5.37. The Morgan fingerprint density at radius 3 is 1.53 bits per heavy atom. The molecule has 0 aliphatic rings. The topological polar surface area (TPSA) is 0 Å². The fourth-order valence-electron chi connectivity index (χ4n) is 1.66. The second-order valence-electron chi connectivity index (χ2n) is 4.86. The average molecular weight is 239 g/mol. The highest BCUT2D eigenvalue weighted by atomic mass is 28.2. The summed E-state index contributed by atoms with van der Waals surface area (Å²) in [7, 11) is 0.372. The van der Waals surface area contributed by atoms with Gasteiger partial charge >= 0.3 is 0 Å². The fourth-order valence-corrected chi connectivity index (χ4v) is 4.29. The third-order valence-electron chi connectivity index (χ3n) is 2.19. The Morgan fingerprint density at radius 2 is 1.33 bits per heavy atom. The number of benzene rings is 1. The summed E-state index contributed by atoms with van der Waals surface area (Å²) in [5.74, 6) is 0. The van der Waals surface area contributed by atoms with Crippen molar-refractivity contribution in [2.24, 2.45) is 0 Å². The summed E-state index contributed by atoms with van der Waals surface area (Å²) in [6.45, 7) is 11.6. The molecule has 1 aromatic carbocycles. The molecule has 0 spiro atoms. The van der Waals surface area contributed by atoms with Crippen LogP contribution in [-0.4, -0.2) is 19.0 Å². The molecule has 0 radical (unpaired) electrons. The number of rotatable bonds is 3. The van der Waals surface area contributed by atoms with Crippen molar-refractivity contribution >= 4 is 24.2 Å². The van der Waals surface area contributed by atoms with Crippen LogP contribution in [0.3, 0.4) is 0 Å². The molecule has 86 valence electrons. The Kier molecular flexibility index (Phi) is 8.72. The van der Waals surface area contributed by atoms with E-state index in [0.717, 1.165) is 11.1 Å². The predicted molar refractivity (Wildman–Crippen MR) is 79.2 cm³/mol. The molecule has 1 rings (SSSR count). The van der Waals surface area contributed by atoms with Crippen molar-refractivity contribution < 1.29 is 0 Å². The van der Waals surface area contributed by atoms with E-state index in [1.807, 2.05) is 0 Å². The summed E-state index contributed by atoms with van der Waals surface area (Å²) < 4.78 is 0. The first-order chi connectivity index (χ1) is 7.06. The van der Waals surface area contributed by atoms with Gasteiger partial charge in [-0.25, -0.2) is 0 Å². The Bertz CT molecular complexity index is 224. The summed E-state index contributed by atoms with van der Waals surface area (Å²) in [6.07, 6.45) is 0. The lowest BCUT2D eigenvalue weighted by atomic mass is 10.4. The Labute approximate surface area is 100 Å². The summed E-state index contributed by atoms with van der Waals surface area (Å²) in [5, 5.41) is 1.55. The maximum absolute atomic E-state index is 2.33. The molecule has 0 unspecified atom stereocenters. The molecule has 0 heterocycles. The van der Waals surface area contributed by atoms with Crippen LogP contribution in [0.4, 0.5) is 0 Å². The van der Waals surface area contributed by atoms with Gasteiger partial charge in [-0.05, 0) is 0 Å². The van der Waals surface area contributed by atoms with Crippen molar-refractivity contribution in [3.8, 4) is 0 Å². The minimum atomic E-state index is 0.0913. The van der Waals surface area contributed by atoms with Crippen molar-refractivity contribution in [3.63, 3.8) is 0 Å². The smallest absolute Gasteiger partial charge is 0.0516 e. The predicted octanol–water partition coefficient (Wildman–Crippen LogP) is 2.34. The van der Waals surface area contributed by atoms with Crippen LogP contribution in [0.2, 0.25) is 17.6 Å². The van der Waals surface area contributed by atoms with Crippen LogP contribution in [0.1, 0.15) is 27.7 Å². The van der Waals surface area contributed by atoms with Crippen LogP contribution in [0.25, 0.3) is 0 Å². The highest BCUT2D eigenvalue weighted by Gasteiger charge is 1.97. The summed E-state index contributed by atoms with van der Waals surface area (Å²) in [5.41, 5.74) is 2.03. The van der Waals surface area contributed by atoms with Crippen LogP contribution in [0.5, 0.6) is 0 Å². The van der Waals surface area contributed by atoms with E-state index >= 15 is 0 Å². The van der Waals surface area contributed by atoms with E-state index < -0.39 is 0 Å². The Morgan fingerprint density at radius 1 is 0.867 bits per heavy atom. The SMILES string of the molecule is CC(C)[SiH2]C(C)C.C[SiH2]c1ccccc1. The van der Waals surface area contributed by atoms with E-state index in [1.165, 1.54) is 0 Å². The first kappa shape index (κ1) is 14.7. The lowest BCUT2D eigenvalue weighted by Crippen LogP contribution is -2.07. The molecular formula is C13H26Si2. The Balaban J connectivity index is 0.000000265. The summed E-state index contributed by atoms with van der Waals surface area (Å²) >= 11 is 0. The van der Waals surface area contributed by atoms with Gasteiger partial charge in [0.15, 0.2) is 0 Å². The summed E-state index contributed by atoms with van der Waals surface area (Å²) in [6, 6.07) is 10.7. The molecule has 0 saturated heterocycles. The van der Waals surface area contributed by atoms with Crippen LogP contribution in [0.15, 0.2) is 30.3 Å². The van der Waals surface area contributed by atoms with Crippen LogP contribution in [0, 0.1) is 0 Å². The molecule has 0 amide bonds. The molecule has 0 fully saturated rings. The normalized spacial score (nSPS) is 10.9. The van der Waals surface area contributed by atoms with Gasteiger partial charge < -0.3 is 0 Å². The standard InChI is InChI=1S/C7H10Si.C6H16Si/c1-8-7-5-3-2-4-6-7;1-5(2)7-6(3)4/h2-6H,8H2,1H3;5-6H,7H2,1-4H3. The van der Waals surface area contributed by atoms with Gasteiger partial charge in [0.25, 0.3) is 0 Å². The van der Waals surface area contributed by atoms with Crippen LogP contribution < -0.4 is 5.19 Å². The molecule has 0 aliphatic heterocycles. The zero-order chi connectivity index (χ0) is 11.7. The van der Waals surface area contributed by atoms with Gasteiger partial charge in [-0.15, -0.1) is 0 Å². The van der Waals surface area contributed by atoms with E-state index in [1.54, 1.807) is 5.19 Å². The lowest BCUT2D eigenvalue weighted by Gasteiger charge is -2.04. The van der Waals surface area contributed by atoms with Gasteiger partial charge in [-0.1, -0.05) is 80.8 Å². The lowest BCUT2D eigenvalue weighted by molar-refractivity contribution is 0.971. The van der Waals surface area contributed by atoms with Crippen molar-refractivity contribution in [3.05, 3.63) is 30.3 Å². The molecule has 15 heavy (non-hydrogen) atoms. The quantitative estimate of drug-likeness (QED) is 0.709. The molecule has 0 nitrogen and oxygen atoms in total. The molecule has 0 saturated carbocycles. The zero-order valence-electron chi connectivity index (χ0n) is 11.0. The molecule has 0 atom stereocenters. The van der Waals surface area contributed by atoms with Crippen LogP contribution in [-0.2, 0) is 0 Å². The molecule has 0 aliphatic carbocycles. The largest absolute Gasteiger partial charge is 0.0708 e. The minimum Gasteiger partial charge on any atom is -0.0708 e. The first-order valence-electron chi connectivity index (χ1n) is 6.10. The number of hydrogen-bond acceptors (Lipinski definition) is 0. The molecule has 0 bridgehead atoms. The van der Waals surface area contributed by atoms with Crippen molar-refractivity contribution in [2.75, 3.05) is 0 Å². The zero-order valence-corrected chi connectivity index (χ0v) is 13.8. The molecule has 0 N–H and O–H groups in total. The second kappa shape index (κ2) is 8.92. The summed E-state index contributed by atoms with van der Waals surface area (Å²) in [4.78, 5) is 0. The van der Waals surface area contributed by atoms with E-state index in [2.05, 4.69) is 64.6 Å². The highest BCUT2D eigenvalue weighted by molar-refractivity contribution is 6.51. The Hall–Kier alpha value is -0.346. The molecule has 1 aromatic rings. The van der Waals surface area contributed by atoms with Gasteiger partial charge in [-0.2, -0.15) is 0 Å². The third kappa shape index (κ3) is 9.95. The maximum atomic E-state index is 2.33. The monoisotopic (exact) mass is 238 g/mol. The minimum absolute atomic E-state index is 0.0913. The van der Waals surface area contributed by atoms with Crippen molar-refractivity contribution in [1.29, 1.82) is 0 Å². The van der Waals surface area contributed by atoms with E-state index in [9.17, 15) is 0 Å². The van der Waals surface area contributed by atoms with Gasteiger partial charge in [0.2, 0.25) is 0 Å². The van der Waals surface area contributed by atoms with Gasteiger partial charge in [0.05, 0.1) is 9.52 Å². The van der Waals surface area contributed by atoms with Gasteiger partial charge in [-0.3, -0.25) is 0 Å². The molecular weight excluding hydrogens is 212 g/mol. The highest BCUT2D eigenvalue weighted by Crippen LogP contribution is 2.07. The fraction of sp³-hybridized carbons (Fsp3) is 0.538. The molecule has 2 heteroatoms. The molecule has 0 aromatic heterocycles. The van der Waals surface area contributed by atoms with Crippen molar-refractivity contribution in [1.82, 2.24) is 0 Å². The first-order valence-corrected chi connectivity index (χ1v) is 9.85.